The van der Waals surface area contributed by atoms with Gasteiger partial charge in [0.15, 0.2) is 0 Å². The Morgan fingerprint density at radius 3 is 2.75 bits per heavy atom. The molecule has 1 atom stereocenters. The van der Waals surface area contributed by atoms with E-state index in [1.807, 2.05) is 17.5 Å². The maximum atomic E-state index is 13.6. The van der Waals surface area contributed by atoms with Crippen molar-refractivity contribution in [3.05, 3.63) is 50.4 Å². The highest BCUT2D eigenvalue weighted by molar-refractivity contribution is 9.10. The Hall–Kier alpha value is -0.910. The van der Waals surface area contributed by atoms with Gasteiger partial charge in [-0.2, -0.15) is 0 Å². The summed E-state index contributed by atoms with van der Waals surface area (Å²) in [5.74, 6) is -0.637. The molecule has 0 bridgehead atoms. The van der Waals surface area contributed by atoms with Gasteiger partial charge in [0, 0.05) is 4.88 Å². The van der Waals surface area contributed by atoms with Crippen molar-refractivity contribution in [1.82, 2.24) is 0 Å². The normalized spacial score (nSPS) is 12.7. The highest BCUT2D eigenvalue weighted by Crippen LogP contribution is 2.36. The third-order valence-electron chi connectivity index (χ3n) is 2.28. The molecule has 1 aromatic heterocycles. The minimum absolute atomic E-state index is 0.122. The molecule has 5 heteroatoms. The Balaban J connectivity index is 2.52. The van der Waals surface area contributed by atoms with Crippen molar-refractivity contribution in [2.45, 2.75) is 6.04 Å². The molecule has 0 aliphatic rings. The van der Waals surface area contributed by atoms with Crippen molar-refractivity contribution in [3.63, 3.8) is 0 Å². The van der Waals surface area contributed by atoms with Crippen LogP contribution in [0.3, 0.4) is 0 Å². The summed E-state index contributed by atoms with van der Waals surface area (Å²) in [4.78, 5) is 0.812. The maximum Gasteiger partial charge on any atom is 0.137 e. The van der Waals surface area contributed by atoms with Crippen molar-refractivity contribution < 1.29 is 9.50 Å². The first kappa shape index (κ1) is 11.6. The molecule has 84 valence electrons. The molecule has 0 fully saturated rings. The lowest BCUT2D eigenvalue weighted by Gasteiger charge is -2.13. The summed E-state index contributed by atoms with van der Waals surface area (Å²) in [5, 5.41) is 11.6. The molecule has 0 saturated heterocycles. The van der Waals surface area contributed by atoms with Gasteiger partial charge in [-0.05, 0) is 39.5 Å². The summed E-state index contributed by atoms with van der Waals surface area (Å²) >= 11 is 4.57. The third kappa shape index (κ3) is 1.98. The number of rotatable bonds is 2. The first-order valence-corrected chi connectivity index (χ1v) is 6.24. The number of halogens is 2. The Morgan fingerprint density at radius 2 is 2.12 bits per heavy atom. The van der Waals surface area contributed by atoms with Gasteiger partial charge >= 0.3 is 0 Å². The molecule has 2 aromatic rings. The van der Waals surface area contributed by atoms with Crippen LogP contribution in [0.2, 0.25) is 0 Å². The fraction of sp³-hybridized carbons (Fsp3) is 0.0909. The molecule has 0 aliphatic heterocycles. The zero-order chi connectivity index (χ0) is 11.7. The standard InChI is InChI=1S/C11H9BrFNOS/c12-6-3-4-7(13)9(11(6)15)10(14)8-2-1-5-16-8/h1-5,10,15H,14H2/t10-/m0/s1. The molecule has 0 radical (unpaired) electrons. The van der Waals surface area contributed by atoms with Gasteiger partial charge in [0.2, 0.25) is 0 Å². The number of benzene rings is 1. The predicted octanol–water partition coefficient (Wildman–Crippen LogP) is 3.40. The molecular formula is C11H9BrFNOS. The fourth-order valence-corrected chi connectivity index (χ4v) is 2.54. The highest BCUT2D eigenvalue weighted by atomic mass is 79.9. The van der Waals surface area contributed by atoms with Crippen molar-refractivity contribution in [2.24, 2.45) is 5.73 Å². The molecule has 1 heterocycles. The van der Waals surface area contributed by atoms with Gasteiger partial charge in [-0.25, -0.2) is 4.39 Å². The van der Waals surface area contributed by atoms with E-state index < -0.39 is 11.9 Å². The van der Waals surface area contributed by atoms with E-state index in [9.17, 15) is 9.50 Å². The number of phenolic OH excluding ortho intramolecular Hbond substituents is 1. The highest BCUT2D eigenvalue weighted by Gasteiger charge is 2.20. The average Bonchev–Trinajstić information content (AvgIpc) is 2.77. The molecule has 0 spiro atoms. The lowest BCUT2D eigenvalue weighted by molar-refractivity contribution is 0.451. The third-order valence-corrected chi connectivity index (χ3v) is 3.87. The van der Waals surface area contributed by atoms with E-state index in [4.69, 9.17) is 5.73 Å². The summed E-state index contributed by atoms with van der Waals surface area (Å²) in [7, 11) is 0. The molecule has 0 aliphatic carbocycles. The van der Waals surface area contributed by atoms with Crippen LogP contribution in [-0.2, 0) is 0 Å². The van der Waals surface area contributed by atoms with E-state index in [1.165, 1.54) is 23.5 Å². The van der Waals surface area contributed by atoms with Gasteiger partial charge in [0.05, 0.1) is 16.1 Å². The monoisotopic (exact) mass is 301 g/mol. The van der Waals surface area contributed by atoms with Crippen molar-refractivity contribution in [3.8, 4) is 5.75 Å². The summed E-state index contributed by atoms with van der Waals surface area (Å²) in [6.45, 7) is 0. The topological polar surface area (TPSA) is 46.2 Å². The summed E-state index contributed by atoms with van der Waals surface area (Å²) in [5.41, 5.74) is 6.04. The van der Waals surface area contributed by atoms with Crippen LogP contribution in [0.5, 0.6) is 5.75 Å². The van der Waals surface area contributed by atoms with Crippen LogP contribution in [0.4, 0.5) is 4.39 Å². The molecule has 16 heavy (non-hydrogen) atoms. The zero-order valence-electron chi connectivity index (χ0n) is 8.15. The summed E-state index contributed by atoms with van der Waals surface area (Å²) in [6.07, 6.45) is 0. The molecule has 2 nitrogen and oxygen atoms in total. The second-order valence-corrected chi connectivity index (χ2v) is 5.12. The van der Waals surface area contributed by atoms with E-state index in [0.717, 1.165) is 4.88 Å². The largest absolute Gasteiger partial charge is 0.506 e. The van der Waals surface area contributed by atoms with Crippen LogP contribution < -0.4 is 5.73 Å². The van der Waals surface area contributed by atoms with E-state index >= 15 is 0 Å². The molecule has 2 rings (SSSR count). The SMILES string of the molecule is N[C@@H](c1cccs1)c1c(F)ccc(Br)c1O. The number of aromatic hydroxyl groups is 1. The van der Waals surface area contributed by atoms with E-state index in [2.05, 4.69) is 15.9 Å². The van der Waals surface area contributed by atoms with Crippen LogP contribution in [0, 0.1) is 5.82 Å². The van der Waals surface area contributed by atoms with Crippen LogP contribution in [0.1, 0.15) is 16.5 Å². The van der Waals surface area contributed by atoms with E-state index in [0.29, 0.717) is 4.47 Å². The van der Waals surface area contributed by atoms with Crippen LogP contribution in [0.25, 0.3) is 0 Å². The van der Waals surface area contributed by atoms with Crippen molar-refractivity contribution in [2.75, 3.05) is 0 Å². The van der Waals surface area contributed by atoms with Crippen LogP contribution in [0.15, 0.2) is 34.1 Å². The van der Waals surface area contributed by atoms with Gasteiger partial charge in [0.1, 0.15) is 11.6 Å². The molecular weight excluding hydrogens is 293 g/mol. The van der Waals surface area contributed by atoms with Gasteiger partial charge in [-0.3, -0.25) is 0 Å². The molecule has 0 saturated carbocycles. The number of phenols is 1. The van der Waals surface area contributed by atoms with Gasteiger partial charge < -0.3 is 10.8 Å². The molecule has 3 N–H and O–H groups in total. The second kappa shape index (κ2) is 4.53. The predicted molar refractivity (Wildman–Crippen MR) is 66.1 cm³/mol. The lowest BCUT2D eigenvalue weighted by atomic mass is 10.0. The Morgan fingerprint density at radius 1 is 1.38 bits per heavy atom. The first-order chi connectivity index (χ1) is 7.61. The van der Waals surface area contributed by atoms with Crippen LogP contribution >= 0.6 is 27.3 Å². The number of hydrogen-bond acceptors (Lipinski definition) is 3. The van der Waals surface area contributed by atoms with Gasteiger partial charge in [-0.15, -0.1) is 11.3 Å². The van der Waals surface area contributed by atoms with E-state index in [-0.39, 0.29) is 11.3 Å². The second-order valence-electron chi connectivity index (χ2n) is 3.28. The minimum atomic E-state index is -0.641. The summed E-state index contributed by atoms with van der Waals surface area (Å²) < 4.78 is 14.1. The summed E-state index contributed by atoms with van der Waals surface area (Å²) in [6, 6.07) is 5.75. The fourth-order valence-electron chi connectivity index (χ4n) is 1.46. The van der Waals surface area contributed by atoms with E-state index in [1.54, 1.807) is 0 Å². The minimum Gasteiger partial charge on any atom is -0.506 e. The Bertz CT molecular complexity index is 501. The zero-order valence-corrected chi connectivity index (χ0v) is 10.6. The molecule has 1 aromatic carbocycles. The number of thiophene rings is 1. The van der Waals surface area contributed by atoms with Crippen molar-refractivity contribution in [1.29, 1.82) is 0 Å². The lowest BCUT2D eigenvalue weighted by Crippen LogP contribution is -2.12. The quantitative estimate of drug-likeness (QED) is 0.893. The molecule has 0 amide bonds. The molecule has 0 unspecified atom stereocenters. The van der Waals surface area contributed by atoms with Crippen molar-refractivity contribution >= 4 is 27.3 Å². The first-order valence-electron chi connectivity index (χ1n) is 4.57. The average molecular weight is 302 g/mol. The van der Waals surface area contributed by atoms with Gasteiger partial charge in [-0.1, -0.05) is 6.07 Å². The smallest absolute Gasteiger partial charge is 0.137 e. The maximum absolute atomic E-state index is 13.6. The number of hydrogen-bond donors (Lipinski definition) is 2. The van der Waals surface area contributed by atoms with Gasteiger partial charge in [0.25, 0.3) is 0 Å². The Labute approximate surface area is 105 Å². The number of nitrogens with two attached hydrogens (primary N) is 1. The Kier molecular flexibility index (Phi) is 3.28. The van der Waals surface area contributed by atoms with Crippen LogP contribution in [-0.4, -0.2) is 5.11 Å².